The first-order valence-corrected chi connectivity index (χ1v) is 6.44. The highest BCUT2D eigenvalue weighted by molar-refractivity contribution is 4.96. The van der Waals surface area contributed by atoms with Gasteiger partial charge in [0.15, 0.2) is 0 Å². The van der Waals surface area contributed by atoms with Crippen LogP contribution in [0.4, 0.5) is 0 Å². The summed E-state index contributed by atoms with van der Waals surface area (Å²) in [5, 5.41) is 8.44. The molecule has 2 fully saturated rings. The third-order valence-electron chi connectivity index (χ3n) is 4.05. The Morgan fingerprint density at radius 1 is 1.07 bits per heavy atom. The second-order valence-electron chi connectivity index (χ2n) is 5.39. The number of likely N-dealkylation sites (tertiary alicyclic amines) is 1. The molecule has 1 aliphatic carbocycles. The molecule has 0 atom stereocenters. The summed E-state index contributed by atoms with van der Waals surface area (Å²) in [5.41, 5.74) is 0.730. The van der Waals surface area contributed by atoms with Gasteiger partial charge in [-0.2, -0.15) is 5.26 Å². The Hall–Kier alpha value is -0.550. The van der Waals surface area contributed by atoms with Crippen molar-refractivity contribution in [1.29, 1.82) is 5.26 Å². The number of hydrogen-bond donors (Lipinski definition) is 0. The molecule has 1 spiro atoms. The van der Waals surface area contributed by atoms with Crippen molar-refractivity contribution >= 4 is 0 Å². The summed E-state index contributed by atoms with van der Waals surface area (Å²) in [4.78, 5) is 2.59. The number of nitrogens with zero attached hydrogens (tertiary/aromatic N) is 2. The van der Waals surface area contributed by atoms with Crippen molar-refractivity contribution in [3.63, 3.8) is 0 Å². The Bertz CT molecular complexity index is 227. The zero-order chi connectivity index (χ0) is 10.6. The van der Waals surface area contributed by atoms with Crippen molar-refractivity contribution in [2.75, 3.05) is 19.6 Å². The predicted molar refractivity (Wildman–Crippen MR) is 61.4 cm³/mol. The molecule has 1 heterocycles. The standard InChI is InChI=1S/C13H22N2/c14-9-5-2-6-10-15-11-13(12-15)7-3-1-4-8-13/h1-8,10-12H2. The van der Waals surface area contributed by atoms with Crippen molar-refractivity contribution in [2.45, 2.75) is 51.4 Å². The Balaban J connectivity index is 1.59. The molecule has 0 bridgehead atoms. The van der Waals surface area contributed by atoms with Crippen LogP contribution < -0.4 is 0 Å². The van der Waals surface area contributed by atoms with E-state index in [2.05, 4.69) is 11.0 Å². The third kappa shape index (κ3) is 2.72. The molecule has 1 saturated heterocycles. The van der Waals surface area contributed by atoms with Crippen LogP contribution in [-0.2, 0) is 0 Å². The van der Waals surface area contributed by atoms with Crippen molar-refractivity contribution in [3.8, 4) is 6.07 Å². The van der Waals surface area contributed by atoms with E-state index in [1.807, 2.05) is 0 Å². The van der Waals surface area contributed by atoms with E-state index in [9.17, 15) is 0 Å². The van der Waals surface area contributed by atoms with E-state index in [0.717, 1.165) is 18.3 Å². The molecule has 2 nitrogen and oxygen atoms in total. The molecular formula is C13H22N2. The smallest absolute Gasteiger partial charge is 0.0621 e. The zero-order valence-corrected chi connectivity index (χ0v) is 9.67. The maximum Gasteiger partial charge on any atom is 0.0621 e. The van der Waals surface area contributed by atoms with Gasteiger partial charge in [0.05, 0.1) is 6.07 Å². The largest absolute Gasteiger partial charge is 0.302 e. The van der Waals surface area contributed by atoms with Gasteiger partial charge in [-0.15, -0.1) is 0 Å². The number of rotatable bonds is 4. The number of nitriles is 1. The fourth-order valence-electron chi connectivity index (χ4n) is 3.22. The van der Waals surface area contributed by atoms with Gasteiger partial charge in [0, 0.05) is 19.5 Å². The Labute approximate surface area is 93.3 Å². The van der Waals surface area contributed by atoms with Gasteiger partial charge in [0.1, 0.15) is 0 Å². The van der Waals surface area contributed by atoms with Gasteiger partial charge in [0.25, 0.3) is 0 Å². The fraction of sp³-hybridized carbons (Fsp3) is 0.923. The van der Waals surface area contributed by atoms with Crippen molar-refractivity contribution in [1.82, 2.24) is 4.90 Å². The van der Waals surface area contributed by atoms with Crippen LogP contribution in [0.3, 0.4) is 0 Å². The van der Waals surface area contributed by atoms with Gasteiger partial charge in [-0.3, -0.25) is 0 Å². The molecule has 15 heavy (non-hydrogen) atoms. The minimum absolute atomic E-state index is 0.730. The molecule has 0 aromatic carbocycles. The van der Waals surface area contributed by atoms with E-state index in [1.165, 1.54) is 58.2 Å². The van der Waals surface area contributed by atoms with Crippen LogP contribution in [0.25, 0.3) is 0 Å². The summed E-state index contributed by atoms with van der Waals surface area (Å²) in [7, 11) is 0. The Kier molecular flexibility index (Phi) is 3.64. The molecule has 0 aromatic heterocycles. The maximum atomic E-state index is 8.44. The van der Waals surface area contributed by atoms with Crippen LogP contribution in [-0.4, -0.2) is 24.5 Å². The Morgan fingerprint density at radius 2 is 1.80 bits per heavy atom. The molecule has 2 heteroatoms. The van der Waals surface area contributed by atoms with E-state index in [0.29, 0.717) is 0 Å². The lowest BCUT2D eigenvalue weighted by molar-refractivity contribution is -0.0282. The molecule has 0 amide bonds. The van der Waals surface area contributed by atoms with Gasteiger partial charge >= 0.3 is 0 Å². The lowest BCUT2D eigenvalue weighted by Gasteiger charge is -2.52. The van der Waals surface area contributed by atoms with E-state index in [1.54, 1.807) is 0 Å². The number of unbranched alkanes of at least 4 members (excludes halogenated alkanes) is 2. The summed E-state index contributed by atoms with van der Waals surface area (Å²) >= 11 is 0. The van der Waals surface area contributed by atoms with E-state index in [-0.39, 0.29) is 0 Å². The van der Waals surface area contributed by atoms with Gasteiger partial charge in [-0.25, -0.2) is 0 Å². The van der Waals surface area contributed by atoms with Crippen LogP contribution in [0.1, 0.15) is 51.4 Å². The SMILES string of the molecule is N#CCCCCN1CC2(CCCCC2)C1. The van der Waals surface area contributed by atoms with Crippen molar-refractivity contribution in [3.05, 3.63) is 0 Å². The van der Waals surface area contributed by atoms with Crippen molar-refractivity contribution in [2.24, 2.45) is 5.41 Å². The highest BCUT2D eigenvalue weighted by atomic mass is 15.2. The Morgan fingerprint density at radius 3 is 2.47 bits per heavy atom. The first kappa shape index (κ1) is 11.0. The third-order valence-corrected chi connectivity index (χ3v) is 4.05. The van der Waals surface area contributed by atoms with Crippen LogP contribution in [0.5, 0.6) is 0 Å². The molecule has 0 radical (unpaired) electrons. The van der Waals surface area contributed by atoms with Crippen LogP contribution in [0.2, 0.25) is 0 Å². The molecular weight excluding hydrogens is 184 g/mol. The average molecular weight is 206 g/mol. The first-order chi connectivity index (χ1) is 7.35. The van der Waals surface area contributed by atoms with Gasteiger partial charge in [-0.1, -0.05) is 19.3 Å². The summed E-state index contributed by atoms with van der Waals surface area (Å²) in [6.45, 7) is 3.92. The predicted octanol–water partition coefficient (Wildman–Crippen LogP) is 2.95. The monoisotopic (exact) mass is 206 g/mol. The summed E-state index contributed by atoms with van der Waals surface area (Å²) in [5.74, 6) is 0. The van der Waals surface area contributed by atoms with Crippen LogP contribution in [0.15, 0.2) is 0 Å². The summed E-state index contributed by atoms with van der Waals surface area (Å²) in [6.07, 6.45) is 10.4. The summed E-state index contributed by atoms with van der Waals surface area (Å²) in [6, 6.07) is 2.22. The van der Waals surface area contributed by atoms with Gasteiger partial charge in [-0.05, 0) is 37.6 Å². The van der Waals surface area contributed by atoms with Crippen molar-refractivity contribution < 1.29 is 0 Å². The molecule has 2 aliphatic rings. The number of hydrogen-bond acceptors (Lipinski definition) is 2. The highest BCUT2D eigenvalue weighted by Crippen LogP contribution is 2.43. The van der Waals surface area contributed by atoms with Gasteiger partial charge < -0.3 is 4.90 Å². The molecule has 0 unspecified atom stereocenters. The summed E-state index contributed by atoms with van der Waals surface area (Å²) < 4.78 is 0. The maximum absolute atomic E-state index is 8.44. The average Bonchev–Trinajstić information content (AvgIpc) is 2.23. The van der Waals surface area contributed by atoms with E-state index < -0.39 is 0 Å². The second kappa shape index (κ2) is 4.99. The van der Waals surface area contributed by atoms with Crippen LogP contribution >= 0.6 is 0 Å². The lowest BCUT2D eigenvalue weighted by atomic mass is 9.68. The fourth-order valence-corrected chi connectivity index (χ4v) is 3.22. The lowest BCUT2D eigenvalue weighted by Crippen LogP contribution is -2.57. The molecule has 1 saturated carbocycles. The van der Waals surface area contributed by atoms with E-state index >= 15 is 0 Å². The minimum Gasteiger partial charge on any atom is -0.302 e. The normalized spacial score (nSPS) is 24.7. The minimum atomic E-state index is 0.730. The molecule has 2 rings (SSSR count). The van der Waals surface area contributed by atoms with Gasteiger partial charge in [0.2, 0.25) is 0 Å². The second-order valence-corrected chi connectivity index (χ2v) is 5.39. The molecule has 0 N–H and O–H groups in total. The first-order valence-electron chi connectivity index (χ1n) is 6.44. The van der Waals surface area contributed by atoms with E-state index in [4.69, 9.17) is 5.26 Å². The van der Waals surface area contributed by atoms with Crippen LogP contribution in [0, 0.1) is 16.7 Å². The molecule has 1 aliphatic heterocycles. The zero-order valence-electron chi connectivity index (χ0n) is 9.67. The quantitative estimate of drug-likeness (QED) is 0.661. The highest BCUT2D eigenvalue weighted by Gasteiger charge is 2.42. The topological polar surface area (TPSA) is 27.0 Å². The molecule has 0 aromatic rings. The molecule has 84 valence electrons.